The summed E-state index contributed by atoms with van der Waals surface area (Å²) in [6, 6.07) is 9.84. The Hall–Kier alpha value is -1.60. The monoisotopic (exact) mass is 294 g/mol. The van der Waals surface area contributed by atoms with E-state index in [1.54, 1.807) is 0 Å². The highest BCUT2D eigenvalue weighted by atomic mass is 32.2. The van der Waals surface area contributed by atoms with Crippen LogP contribution in [0.3, 0.4) is 0 Å². The van der Waals surface area contributed by atoms with E-state index in [0.717, 1.165) is 5.56 Å². The van der Waals surface area contributed by atoms with Crippen molar-refractivity contribution >= 4 is 34.1 Å². The molecule has 0 fully saturated rings. The van der Waals surface area contributed by atoms with Gasteiger partial charge in [-0.15, -0.1) is 10.2 Å². The number of nitrogens with two attached hydrogens (primary N) is 1. The number of rotatable bonds is 5. The summed E-state index contributed by atoms with van der Waals surface area (Å²) in [6.07, 6.45) is 0. The number of nitrogens with one attached hydrogen (secondary N) is 1. The number of hydrogen-bond donors (Lipinski definition) is 2. The van der Waals surface area contributed by atoms with Gasteiger partial charge in [0.05, 0.1) is 11.8 Å². The van der Waals surface area contributed by atoms with Gasteiger partial charge in [-0.05, 0) is 12.5 Å². The lowest BCUT2D eigenvalue weighted by atomic mass is 10.1. The molecular formula is C12H14N4OS2. The van der Waals surface area contributed by atoms with Gasteiger partial charge in [0.2, 0.25) is 11.0 Å². The number of aromatic nitrogens is 2. The quantitative estimate of drug-likeness (QED) is 0.825. The van der Waals surface area contributed by atoms with Crippen LogP contribution in [0.25, 0.3) is 0 Å². The van der Waals surface area contributed by atoms with Gasteiger partial charge in [-0.1, -0.05) is 53.4 Å². The van der Waals surface area contributed by atoms with Crippen LogP contribution in [-0.2, 0) is 4.79 Å². The molecule has 1 aromatic carbocycles. The summed E-state index contributed by atoms with van der Waals surface area (Å²) in [5.74, 6) is 0.279. The van der Waals surface area contributed by atoms with Gasteiger partial charge in [0.1, 0.15) is 0 Å². The second-order valence-electron chi connectivity index (χ2n) is 3.89. The number of benzene rings is 1. The van der Waals surface area contributed by atoms with E-state index < -0.39 is 0 Å². The van der Waals surface area contributed by atoms with Crippen molar-refractivity contribution in [3.63, 3.8) is 0 Å². The zero-order valence-electron chi connectivity index (χ0n) is 10.4. The minimum atomic E-state index is -0.0323. The van der Waals surface area contributed by atoms with Crippen LogP contribution in [-0.4, -0.2) is 21.9 Å². The number of carbonyl (C=O) groups excluding carboxylic acids is 1. The second-order valence-corrected chi connectivity index (χ2v) is 6.13. The normalized spacial score (nSPS) is 12.1. The first-order valence-corrected chi connectivity index (χ1v) is 7.51. The van der Waals surface area contributed by atoms with Crippen LogP contribution >= 0.6 is 23.1 Å². The van der Waals surface area contributed by atoms with Crippen molar-refractivity contribution < 1.29 is 4.79 Å². The van der Waals surface area contributed by atoms with Crippen LogP contribution < -0.4 is 11.1 Å². The van der Waals surface area contributed by atoms with Crippen LogP contribution in [0.2, 0.25) is 0 Å². The van der Waals surface area contributed by atoms with Crippen LogP contribution in [0.4, 0.5) is 5.13 Å². The largest absolute Gasteiger partial charge is 0.374 e. The zero-order valence-corrected chi connectivity index (χ0v) is 12.0. The third-order valence-electron chi connectivity index (χ3n) is 2.43. The maximum Gasteiger partial charge on any atom is 0.230 e. The maximum absolute atomic E-state index is 11.8. The molecule has 0 radical (unpaired) electrons. The zero-order chi connectivity index (χ0) is 13.7. The summed E-state index contributed by atoms with van der Waals surface area (Å²) in [5, 5.41) is 10.9. The average molecular weight is 294 g/mol. The van der Waals surface area contributed by atoms with Gasteiger partial charge in [0.25, 0.3) is 0 Å². The molecular weight excluding hydrogens is 280 g/mol. The lowest BCUT2D eigenvalue weighted by Gasteiger charge is -2.13. The maximum atomic E-state index is 11.8. The van der Waals surface area contributed by atoms with E-state index in [1.807, 2.05) is 37.3 Å². The molecule has 0 aliphatic rings. The van der Waals surface area contributed by atoms with Crippen LogP contribution in [0.1, 0.15) is 18.5 Å². The Bertz CT molecular complexity index is 544. The molecule has 3 N–H and O–H groups in total. The van der Waals surface area contributed by atoms with E-state index >= 15 is 0 Å². The van der Waals surface area contributed by atoms with E-state index in [-0.39, 0.29) is 11.9 Å². The molecule has 0 aliphatic carbocycles. The highest BCUT2D eigenvalue weighted by Crippen LogP contribution is 2.23. The molecule has 1 aromatic heterocycles. The number of hydrogen-bond acceptors (Lipinski definition) is 6. The standard InChI is InChI=1S/C12H14N4OS2/c1-8(9-5-3-2-4-6-9)14-10(17)7-18-12-16-15-11(13)19-12/h2-6,8H,7H2,1H3,(H2,13,15)(H,14,17)/t8-/m1/s1. The van der Waals surface area contributed by atoms with Gasteiger partial charge < -0.3 is 11.1 Å². The first-order chi connectivity index (χ1) is 9.15. The molecule has 0 saturated heterocycles. The minimum Gasteiger partial charge on any atom is -0.374 e. The molecule has 7 heteroatoms. The van der Waals surface area contributed by atoms with Gasteiger partial charge >= 0.3 is 0 Å². The molecule has 2 rings (SSSR count). The number of carbonyl (C=O) groups is 1. The predicted molar refractivity (Wildman–Crippen MR) is 78.0 cm³/mol. The summed E-state index contributed by atoms with van der Waals surface area (Å²) >= 11 is 2.62. The Morgan fingerprint density at radius 2 is 2.16 bits per heavy atom. The molecule has 1 heterocycles. The lowest BCUT2D eigenvalue weighted by Crippen LogP contribution is -2.28. The Labute approximate surface area is 119 Å². The van der Waals surface area contributed by atoms with E-state index in [0.29, 0.717) is 15.2 Å². The molecule has 19 heavy (non-hydrogen) atoms. The fraction of sp³-hybridized carbons (Fsp3) is 0.250. The van der Waals surface area contributed by atoms with E-state index in [2.05, 4.69) is 15.5 Å². The molecule has 0 saturated carbocycles. The van der Waals surface area contributed by atoms with Crippen molar-refractivity contribution in [2.24, 2.45) is 0 Å². The smallest absolute Gasteiger partial charge is 0.230 e. The van der Waals surface area contributed by atoms with E-state index in [1.165, 1.54) is 23.1 Å². The molecule has 0 unspecified atom stereocenters. The van der Waals surface area contributed by atoms with Crippen molar-refractivity contribution in [1.82, 2.24) is 15.5 Å². The molecule has 2 aromatic rings. The third kappa shape index (κ3) is 4.22. The Morgan fingerprint density at radius 1 is 1.42 bits per heavy atom. The second kappa shape index (κ2) is 6.53. The van der Waals surface area contributed by atoms with Crippen LogP contribution in [0, 0.1) is 0 Å². The first kappa shape index (κ1) is 13.8. The molecule has 0 aliphatic heterocycles. The number of amides is 1. The fourth-order valence-electron chi connectivity index (χ4n) is 1.51. The van der Waals surface area contributed by atoms with Gasteiger partial charge in [-0.25, -0.2) is 0 Å². The van der Waals surface area contributed by atoms with Crippen molar-refractivity contribution in [2.75, 3.05) is 11.5 Å². The van der Waals surface area contributed by atoms with Crippen LogP contribution in [0.5, 0.6) is 0 Å². The van der Waals surface area contributed by atoms with E-state index in [9.17, 15) is 4.79 Å². The minimum absolute atomic E-state index is 0.00575. The Balaban J connectivity index is 1.81. The molecule has 0 bridgehead atoms. The first-order valence-electron chi connectivity index (χ1n) is 5.71. The Morgan fingerprint density at radius 3 is 2.79 bits per heavy atom. The summed E-state index contributed by atoms with van der Waals surface area (Å²) in [7, 11) is 0. The summed E-state index contributed by atoms with van der Waals surface area (Å²) in [5.41, 5.74) is 6.56. The van der Waals surface area contributed by atoms with Crippen LogP contribution in [0.15, 0.2) is 34.7 Å². The van der Waals surface area contributed by atoms with Gasteiger partial charge in [-0.3, -0.25) is 4.79 Å². The molecule has 1 atom stereocenters. The van der Waals surface area contributed by atoms with Crippen molar-refractivity contribution in [2.45, 2.75) is 17.3 Å². The van der Waals surface area contributed by atoms with Gasteiger partial charge in [0, 0.05) is 0 Å². The fourth-order valence-corrected chi connectivity index (χ4v) is 2.96. The molecule has 5 nitrogen and oxygen atoms in total. The number of nitrogen functional groups attached to an aromatic ring is 1. The predicted octanol–water partition coefficient (Wildman–Crippen LogP) is 2.09. The number of nitrogens with zero attached hydrogens (tertiary/aromatic N) is 2. The average Bonchev–Trinajstić information content (AvgIpc) is 2.83. The van der Waals surface area contributed by atoms with Crippen molar-refractivity contribution in [3.05, 3.63) is 35.9 Å². The third-order valence-corrected chi connectivity index (χ3v) is 4.31. The molecule has 1 amide bonds. The number of thioether (sulfide) groups is 1. The Kier molecular flexibility index (Phi) is 4.75. The SMILES string of the molecule is C[C@@H](NC(=O)CSc1nnc(N)s1)c1ccccc1. The number of anilines is 1. The molecule has 100 valence electrons. The highest BCUT2D eigenvalue weighted by molar-refractivity contribution is 8.01. The van der Waals surface area contributed by atoms with Crippen molar-refractivity contribution in [3.8, 4) is 0 Å². The van der Waals surface area contributed by atoms with Crippen molar-refractivity contribution in [1.29, 1.82) is 0 Å². The topological polar surface area (TPSA) is 80.9 Å². The summed E-state index contributed by atoms with van der Waals surface area (Å²) in [4.78, 5) is 11.8. The molecule has 0 spiro atoms. The van der Waals surface area contributed by atoms with Gasteiger partial charge in [0.15, 0.2) is 4.34 Å². The van der Waals surface area contributed by atoms with E-state index in [4.69, 9.17) is 5.73 Å². The summed E-state index contributed by atoms with van der Waals surface area (Å²) < 4.78 is 0.708. The van der Waals surface area contributed by atoms with Gasteiger partial charge in [-0.2, -0.15) is 0 Å². The summed E-state index contributed by atoms with van der Waals surface area (Å²) in [6.45, 7) is 1.96. The lowest BCUT2D eigenvalue weighted by molar-refractivity contribution is -0.119. The highest BCUT2D eigenvalue weighted by Gasteiger charge is 2.10.